The van der Waals surface area contributed by atoms with Crippen molar-refractivity contribution in [1.82, 2.24) is 0 Å². The van der Waals surface area contributed by atoms with Crippen LogP contribution < -0.4 is 0 Å². The van der Waals surface area contributed by atoms with Crippen molar-refractivity contribution in [2.45, 2.75) is 40.5 Å². The fourth-order valence-electron chi connectivity index (χ4n) is 0.709. The van der Waals surface area contributed by atoms with Gasteiger partial charge in [-0.2, -0.15) is 0 Å². The number of aliphatic imine (C=N–C) groups is 1. The second-order valence-corrected chi connectivity index (χ2v) is 3.90. The van der Waals surface area contributed by atoms with Crippen LogP contribution in [0.5, 0.6) is 0 Å². The molecule has 0 amide bonds. The lowest BCUT2D eigenvalue weighted by molar-refractivity contribution is 0.596. The Balaban J connectivity index is 3.17. The molecule has 0 fully saturated rings. The van der Waals surface area contributed by atoms with Gasteiger partial charge in [-0.05, 0) is 30.9 Å². The highest BCUT2D eigenvalue weighted by Gasteiger charge is 1.91. The van der Waals surface area contributed by atoms with Gasteiger partial charge in [-0.3, -0.25) is 4.99 Å². The third-order valence-electron chi connectivity index (χ3n) is 1.54. The van der Waals surface area contributed by atoms with Gasteiger partial charge < -0.3 is 0 Å². The summed E-state index contributed by atoms with van der Waals surface area (Å²) in [5, 5.41) is 0. The maximum absolute atomic E-state index is 4.33. The number of nitrogens with zero attached hydrogens (tertiary/aromatic N) is 1. The minimum atomic E-state index is 0.748. The lowest BCUT2D eigenvalue weighted by Gasteiger charge is -1.99. The smallest absolute Gasteiger partial charge is 0.0387 e. The average Bonchev–Trinajstić information content (AvgIpc) is 1.85. The minimum absolute atomic E-state index is 0.748. The summed E-state index contributed by atoms with van der Waals surface area (Å²) in [5.41, 5.74) is 0. The SMILES string of the molecule is CC(C)CC=NCCC(C)C. The summed E-state index contributed by atoms with van der Waals surface area (Å²) in [7, 11) is 0. The Morgan fingerprint density at radius 1 is 1.09 bits per heavy atom. The molecule has 1 nitrogen and oxygen atoms in total. The van der Waals surface area contributed by atoms with E-state index in [2.05, 4.69) is 38.9 Å². The van der Waals surface area contributed by atoms with Gasteiger partial charge in [0.05, 0.1) is 0 Å². The van der Waals surface area contributed by atoms with E-state index in [1.54, 1.807) is 0 Å². The van der Waals surface area contributed by atoms with Crippen molar-refractivity contribution in [3.63, 3.8) is 0 Å². The van der Waals surface area contributed by atoms with E-state index < -0.39 is 0 Å². The number of hydrogen-bond donors (Lipinski definition) is 0. The highest BCUT2D eigenvalue weighted by atomic mass is 14.7. The molecule has 11 heavy (non-hydrogen) atoms. The van der Waals surface area contributed by atoms with Gasteiger partial charge in [0.15, 0.2) is 0 Å². The molecular weight excluding hydrogens is 134 g/mol. The van der Waals surface area contributed by atoms with E-state index in [0.29, 0.717) is 0 Å². The first-order valence-electron chi connectivity index (χ1n) is 4.61. The van der Waals surface area contributed by atoms with Crippen LogP contribution in [0.25, 0.3) is 0 Å². The quantitative estimate of drug-likeness (QED) is 0.541. The monoisotopic (exact) mass is 155 g/mol. The summed E-state index contributed by atoms with van der Waals surface area (Å²) in [6.07, 6.45) is 4.40. The normalized spacial score (nSPS) is 12.2. The Labute approximate surface area is 70.9 Å². The first kappa shape index (κ1) is 10.7. The summed E-state index contributed by atoms with van der Waals surface area (Å²) in [4.78, 5) is 4.33. The fourth-order valence-corrected chi connectivity index (χ4v) is 0.709. The van der Waals surface area contributed by atoms with Crippen LogP contribution in [0.3, 0.4) is 0 Å². The maximum Gasteiger partial charge on any atom is 0.0387 e. The van der Waals surface area contributed by atoms with E-state index in [0.717, 1.165) is 24.8 Å². The molecule has 0 atom stereocenters. The molecule has 66 valence electrons. The van der Waals surface area contributed by atoms with Crippen molar-refractivity contribution in [3.05, 3.63) is 0 Å². The molecule has 0 rings (SSSR count). The summed E-state index contributed by atoms with van der Waals surface area (Å²) in [6, 6.07) is 0. The van der Waals surface area contributed by atoms with Crippen LogP contribution in [-0.2, 0) is 0 Å². The lowest BCUT2D eigenvalue weighted by Crippen LogP contribution is -1.92. The zero-order valence-corrected chi connectivity index (χ0v) is 8.30. The molecule has 0 saturated carbocycles. The van der Waals surface area contributed by atoms with Gasteiger partial charge in [0.25, 0.3) is 0 Å². The van der Waals surface area contributed by atoms with Gasteiger partial charge in [-0.25, -0.2) is 0 Å². The molecule has 0 spiro atoms. The molecule has 1 heteroatoms. The van der Waals surface area contributed by atoms with Crippen molar-refractivity contribution in [1.29, 1.82) is 0 Å². The zero-order valence-electron chi connectivity index (χ0n) is 8.30. The van der Waals surface area contributed by atoms with Crippen LogP contribution >= 0.6 is 0 Å². The van der Waals surface area contributed by atoms with Crippen molar-refractivity contribution in [2.24, 2.45) is 16.8 Å². The van der Waals surface area contributed by atoms with E-state index in [-0.39, 0.29) is 0 Å². The molecule has 0 N–H and O–H groups in total. The highest BCUT2D eigenvalue weighted by molar-refractivity contribution is 5.57. The Bertz CT molecular complexity index is 103. The first-order valence-corrected chi connectivity index (χ1v) is 4.61. The lowest BCUT2D eigenvalue weighted by atomic mass is 10.1. The van der Waals surface area contributed by atoms with Crippen LogP contribution in [0.2, 0.25) is 0 Å². The summed E-state index contributed by atoms with van der Waals surface area (Å²) in [5.74, 6) is 1.53. The van der Waals surface area contributed by atoms with Crippen molar-refractivity contribution in [2.75, 3.05) is 6.54 Å². The van der Waals surface area contributed by atoms with Crippen LogP contribution in [0.4, 0.5) is 0 Å². The number of rotatable bonds is 5. The van der Waals surface area contributed by atoms with E-state index in [1.807, 2.05) is 0 Å². The van der Waals surface area contributed by atoms with E-state index >= 15 is 0 Å². The van der Waals surface area contributed by atoms with Crippen LogP contribution in [-0.4, -0.2) is 12.8 Å². The van der Waals surface area contributed by atoms with Crippen molar-refractivity contribution >= 4 is 6.21 Å². The van der Waals surface area contributed by atoms with Gasteiger partial charge in [-0.15, -0.1) is 0 Å². The largest absolute Gasteiger partial charge is 0.298 e. The van der Waals surface area contributed by atoms with Gasteiger partial charge in [0.1, 0.15) is 0 Å². The summed E-state index contributed by atoms with van der Waals surface area (Å²) in [6.45, 7) is 9.91. The molecule has 0 bridgehead atoms. The average molecular weight is 155 g/mol. The molecule has 0 radical (unpaired) electrons. The van der Waals surface area contributed by atoms with Crippen LogP contribution in [0.15, 0.2) is 4.99 Å². The fraction of sp³-hybridized carbons (Fsp3) is 0.900. The standard InChI is InChI=1S/C10H21N/c1-9(2)5-7-11-8-6-10(3)4/h7,9-10H,5-6,8H2,1-4H3. The van der Waals surface area contributed by atoms with Crippen LogP contribution in [0.1, 0.15) is 40.5 Å². The molecule has 0 aliphatic rings. The molecule has 0 aromatic rings. The Morgan fingerprint density at radius 2 is 1.73 bits per heavy atom. The van der Waals surface area contributed by atoms with E-state index in [9.17, 15) is 0 Å². The first-order chi connectivity index (χ1) is 5.13. The summed E-state index contributed by atoms with van der Waals surface area (Å²) >= 11 is 0. The second kappa shape index (κ2) is 6.38. The van der Waals surface area contributed by atoms with Gasteiger partial charge in [0, 0.05) is 6.54 Å². The van der Waals surface area contributed by atoms with Crippen LogP contribution in [0, 0.1) is 11.8 Å². The minimum Gasteiger partial charge on any atom is -0.298 e. The zero-order chi connectivity index (χ0) is 8.69. The third kappa shape index (κ3) is 9.67. The molecule has 0 aliphatic carbocycles. The molecule has 0 heterocycles. The molecule has 0 saturated heterocycles. The molecule has 0 unspecified atom stereocenters. The van der Waals surface area contributed by atoms with Gasteiger partial charge in [0.2, 0.25) is 0 Å². The molecular formula is C10H21N. The van der Waals surface area contributed by atoms with Gasteiger partial charge >= 0.3 is 0 Å². The topological polar surface area (TPSA) is 12.4 Å². The maximum atomic E-state index is 4.33. The van der Waals surface area contributed by atoms with E-state index in [4.69, 9.17) is 0 Å². The van der Waals surface area contributed by atoms with E-state index in [1.165, 1.54) is 6.42 Å². The molecule has 0 aromatic carbocycles. The van der Waals surface area contributed by atoms with Crippen molar-refractivity contribution < 1.29 is 0 Å². The Morgan fingerprint density at radius 3 is 2.18 bits per heavy atom. The third-order valence-corrected chi connectivity index (χ3v) is 1.54. The molecule has 0 aliphatic heterocycles. The van der Waals surface area contributed by atoms with Crippen molar-refractivity contribution in [3.8, 4) is 0 Å². The summed E-state index contributed by atoms with van der Waals surface area (Å²) < 4.78 is 0. The highest BCUT2D eigenvalue weighted by Crippen LogP contribution is 1.99. The Hall–Kier alpha value is -0.330. The number of hydrogen-bond acceptors (Lipinski definition) is 1. The second-order valence-electron chi connectivity index (χ2n) is 3.90. The Kier molecular flexibility index (Phi) is 6.19. The molecule has 0 aromatic heterocycles. The van der Waals surface area contributed by atoms with Gasteiger partial charge in [-0.1, -0.05) is 27.7 Å². The predicted molar refractivity (Wildman–Crippen MR) is 52.3 cm³/mol. The predicted octanol–water partition coefficient (Wildman–Crippen LogP) is 3.15.